The summed E-state index contributed by atoms with van der Waals surface area (Å²) in [6, 6.07) is 9.63. The molecule has 0 saturated carbocycles. The van der Waals surface area contributed by atoms with E-state index in [1.165, 1.54) is 12.1 Å². The number of hydrogen-bond acceptors (Lipinski definition) is 3. The maximum absolute atomic E-state index is 13.6. The number of nitrogens with two attached hydrogens (primary N) is 1. The Morgan fingerprint density at radius 2 is 2.00 bits per heavy atom. The summed E-state index contributed by atoms with van der Waals surface area (Å²) in [6.07, 6.45) is 0. The highest BCUT2D eigenvalue weighted by molar-refractivity contribution is 6.32. The highest BCUT2D eigenvalue weighted by atomic mass is 35.5. The smallest absolute Gasteiger partial charge is 0.174 e. The van der Waals surface area contributed by atoms with E-state index in [-0.39, 0.29) is 17.4 Å². The average Bonchev–Trinajstić information content (AvgIpc) is 2.41. The van der Waals surface area contributed by atoms with Gasteiger partial charge in [0.25, 0.3) is 0 Å². The normalized spacial score (nSPS) is 10.3. The summed E-state index contributed by atoms with van der Waals surface area (Å²) in [4.78, 5) is 0. The molecule has 20 heavy (non-hydrogen) atoms. The van der Waals surface area contributed by atoms with Gasteiger partial charge in [-0.25, -0.2) is 4.39 Å². The van der Waals surface area contributed by atoms with Gasteiger partial charge in [-0.05, 0) is 37.3 Å². The lowest BCUT2D eigenvalue weighted by Gasteiger charge is -2.13. The highest BCUT2D eigenvalue weighted by Gasteiger charge is 2.10. The van der Waals surface area contributed by atoms with E-state index in [0.29, 0.717) is 18.0 Å². The van der Waals surface area contributed by atoms with Crippen LogP contribution >= 0.6 is 11.6 Å². The van der Waals surface area contributed by atoms with Crippen LogP contribution in [-0.4, -0.2) is 6.61 Å². The molecule has 2 rings (SSSR count). The number of nitrogen functional groups attached to an aromatic ring is 1. The van der Waals surface area contributed by atoms with E-state index in [1.807, 2.05) is 6.92 Å². The quantitative estimate of drug-likeness (QED) is 0.847. The van der Waals surface area contributed by atoms with E-state index in [4.69, 9.17) is 26.8 Å². The molecule has 0 bridgehead atoms. The maximum Gasteiger partial charge on any atom is 0.174 e. The van der Waals surface area contributed by atoms with E-state index in [2.05, 4.69) is 0 Å². The van der Waals surface area contributed by atoms with Crippen molar-refractivity contribution < 1.29 is 13.9 Å². The van der Waals surface area contributed by atoms with Crippen LogP contribution in [0.2, 0.25) is 5.02 Å². The molecule has 2 aromatic carbocycles. The van der Waals surface area contributed by atoms with Gasteiger partial charge in [0, 0.05) is 11.3 Å². The fraction of sp³-hybridized carbons (Fsp3) is 0.200. The minimum atomic E-state index is -0.501. The number of benzene rings is 2. The van der Waals surface area contributed by atoms with Gasteiger partial charge in [-0.15, -0.1) is 0 Å². The summed E-state index contributed by atoms with van der Waals surface area (Å²) in [5, 5.41) is 0.229. The topological polar surface area (TPSA) is 44.5 Å². The third-order valence-electron chi connectivity index (χ3n) is 2.68. The molecule has 0 aliphatic carbocycles. The van der Waals surface area contributed by atoms with Gasteiger partial charge in [0.1, 0.15) is 12.4 Å². The molecule has 2 N–H and O–H groups in total. The van der Waals surface area contributed by atoms with Gasteiger partial charge in [-0.3, -0.25) is 0 Å². The van der Waals surface area contributed by atoms with Crippen molar-refractivity contribution in [1.82, 2.24) is 0 Å². The van der Waals surface area contributed by atoms with Gasteiger partial charge < -0.3 is 15.2 Å². The number of rotatable bonds is 5. The Labute approximate surface area is 122 Å². The predicted molar refractivity (Wildman–Crippen MR) is 77.8 cm³/mol. The van der Waals surface area contributed by atoms with E-state index in [9.17, 15) is 4.39 Å². The number of hydrogen-bond donors (Lipinski definition) is 1. The van der Waals surface area contributed by atoms with Crippen molar-refractivity contribution in [3.63, 3.8) is 0 Å². The third-order valence-corrected chi connectivity index (χ3v) is 2.97. The van der Waals surface area contributed by atoms with Crippen LogP contribution in [0.5, 0.6) is 11.5 Å². The Morgan fingerprint density at radius 3 is 2.70 bits per heavy atom. The minimum Gasteiger partial charge on any atom is -0.493 e. The van der Waals surface area contributed by atoms with Crippen LogP contribution in [0.1, 0.15) is 12.5 Å². The van der Waals surface area contributed by atoms with E-state index < -0.39 is 5.82 Å². The zero-order valence-electron chi connectivity index (χ0n) is 11.0. The van der Waals surface area contributed by atoms with Crippen molar-refractivity contribution in [1.29, 1.82) is 0 Å². The molecule has 0 spiro atoms. The molecule has 2 aromatic rings. The Balaban J connectivity index is 2.20. The molecule has 0 radical (unpaired) electrons. The highest BCUT2D eigenvalue weighted by Crippen LogP contribution is 2.29. The zero-order valence-corrected chi connectivity index (χ0v) is 11.8. The SMILES string of the molecule is CCOc1ccc(N)cc1COc1c(F)cccc1Cl. The molecule has 0 saturated heterocycles. The summed E-state index contributed by atoms with van der Waals surface area (Å²) in [7, 11) is 0. The van der Waals surface area contributed by atoms with Crippen molar-refractivity contribution in [2.75, 3.05) is 12.3 Å². The Morgan fingerprint density at radius 1 is 1.20 bits per heavy atom. The van der Waals surface area contributed by atoms with Crippen LogP contribution in [0.3, 0.4) is 0 Å². The van der Waals surface area contributed by atoms with Crippen LogP contribution < -0.4 is 15.2 Å². The summed E-state index contributed by atoms with van der Waals surface area (Å²) in [5.41, 5.74) is 7.07. The van der Waals surface area contributed by atoms with Gasteiger partial charge >= 0.3 is 0 Å². The Hall–Kier alpha value is -1.94. The molecule has 0 unspecified atom stereocenters. The lowest BCUT2D eigenvalue weighted by Crippen LogP contribution is -2.03. The second-order valence-corrected chi connectivity index (χ2v) is 4.55. The summed E-state index contributed by atoms with van der Waals surface area (Å²) in [5.74, 6) is 0.188. The minimum absolute atomic E-state index is 0.0269. The van der Waals surface area contributed by atoms with E-state index in [1.54, 1.807) is 24.3 Å². The van der Waals surface area contributed by atoms with Crippen LogP contribution in [0, 0.1) is 5.82 Å². The van der Waals surface area contributed by atoms with Crippen LogP contribution in [-0.2, 0) is 6.61 Å². The first-order valence-corrected chi connectivity index (χ1v) is 6.57. The molecule has 0 aliphatic rings. The van der Waals surface area contributed by atoms with Gasteiger partial charge in [-0.1, -0.05) is 17.7 Å². The maximum atomic E-state index is 13.6. The van der Waals surface area contributed by atoms with Crippen LogP contribution in [0.25, 0.3) is 0 Å². The molecule has 106 valence electrons. The summed E-state index contributed by atoms with van der Waals surface area (Å²) in [6.45, 7) is 2.53. The molecular weight excluding hydrogens is 281 g/mol. The van der Waals surface area contributed by atoms with Gasteiger partial charge in [0.15, 0.2) is 11.6 Å². The van der Waals surface area contributed by atoms with Crippen molar-refractivity contribution in [2.24, 2.45) is 0 Å². The molecule has 0 heterocycles. The van der Waals surface area contributed by atoms with Crippen molar-refractivity contribution in [2.45, 2.75) is 13.5 Å². The first kappa shape index (κ1) is 14.5. The van der Waals surface area contributed by atoms with Gasteiger partial charge in [0.2, 0.25) is 0 Å². The Kier molecular flexibility index (Phi) is 4.69. The summed E-state index contributed by atoms with van der Waals surface area (Å²) < 4.78 is 24.5. The fourth-order valence-corrected chi connectivity index (χ4v) is 2.00. The molecule has 0 atom stereocenters. The first-order valence-electron chi connectivity index (χ1n) is 6.19. The molecular formula is C15H15ClFNO2. The van der Waals surface area contributed by atoms with Gasteiger partial charge in [-0.2, -0.15) is 0 Å². The average molecular weight is 296 g/mol. The first-order chi connectivity index (χ1) is 9.61. The molecule has 0 amide bonds. The molecule has 0 aliphatic heterocycles. The van der Waals surface area contributed by atoms with Crippen molar-refractivity contribution in [3.8, 4) is 11.5 Å². The van der Waals surface area contributed by atoms with Crippen molar-refractivity contribution in [3.05, 3.63) is 52.8 Å². The standard InChI is InChI=1S/C15H15ClFNO2/c1-2-19-14-7-6-11(18)8-10(14)9-20-15-12(16)4-3-5-13(15)17/h3-8H,2,9,18H2,1H3. The second kappa shape index (κ2) is 6.48. The van der Waals surface area contributed by atoms with E-state index in [0.717, 1.165) is 5.56 Å². The lowest BCUT2D eigenvalue weighted by molar-refractivity contribution is 0.275. The summed E-state index contributed by atoms with van der Waals surface area (Å²) >= 11 is 5.91. The second-order valence-electron chi connectivity index (χ2n) is 4.14. The predicted octanol–water partition coefficient (Wildman–Crippen LogP) is 4.04. The van der Waals surface area contributed by atoms with E-state index >= 15 is 0 Å². The molecule has 3 nitrogen and oxygen atoms in total. The molecule has 0 fully saturated rings. The van der Waals surface area contributed by atoms with Crippen molar-refractivity contribution >= 4 is 17.3 Å². The van der Waals surface area contributed by atoms with Crippen LogP contribution in [0.4, 0.5) is 10.1 Å². The van der Waals surface area contributed by atoms with Gasteiger partial charge in [0.05, 0.1) is 11.6 Å². The van der Waals surface area contributed by atoms with Crippen LogP contribution in [0.15, 0.2) is 36.4 Å². The number of anilines is 1. The molecule has 0 aromatic heterocycles. The largest absolute Gasteiger partial charge is 0.493 e. The number of ether oxygens (including phenoxy) is 2. The zero-order chi connectivity index (χ0) is 14.5. The number of halogens is 2. The number of para-hydroxylation sites is 1. The fourth-order valence-electron chi connectivity index (χ4n) is 1.78. The third kappa shape index (κ3) is 3.33. The molecule has 5 heteroatoms. The monoisotopic (exact) mass is 295 g/mol. The Bertz CT molecular complexity index is 584. The lowest BCUT2D eigenvalue weighted by atomic mass is 10.2.